The zero-order chi connectivity index (χ0) is 20.3. The van der Waals surface area contributed by atoms with E-state index in [0.717, 1.165) is 28.0 Å². The molecular weight excluding hydrogens is 376 g/mol. The number of aliphatic imine (C=N–C) groups is 1. The molecule has 30 heavy (non-hydrogen) atoms. The molecule has 6 nitrogen and oxygen atoms in total. The van der Waals surface area contributed by atoms with Gasteiger partial charge in [-0.2, -0.15) is 0 Å². The maximum Gasteiger partial charge on any atom is 0.317 e. The molecule has 0 saturated heterocycles. The Balaban J connectivity index is 1.51. The fraction of sp³-hybridized carbons (Fsp3) is 0.0833. The Labute approximate surface area is 173 Å². The van der Waals surface area contributed by atoms with Crippen molar-refractivity contribution in [2.24, 2.45) is 4.99 Å². The molecule has 0 amide bonds. The Hall–Kier alpha value is -4.06. The largest absolute Gasteiger partial charge is 0.403 e. The SMILES string of the molecule is O=C1Cc2ccccc2C(c2ccccc2)=NC1Nc1nnc(-c2ccccc2)o1. The lowest BCUT2D eigenvalue weighted by Gasteiger charge is -2.11. The van der Waals surface area contributed by atoms with Crippen LogP contribution in [-0.4, -0.2) is 27.9 Å². The van der Waals surface area contributed by atoms with Gasteiger partial charge in [0.2, 0.25) is 5.89 Å². The van der Waals surface area contributed by atoms with Crippen molar-refractivity contribution >= 4 is 17.5 Å². The van der Waals surface area contributed by atoms with Gasteiger partial charge >= 0.3 is 6.01 Å². The van der Waals surface area contributed by atoms with Gasteiger partial charge in [-0.05, 0) is 17.7 Å². The van der Waals surface area contributed by atoms with E-state index < -0.39 is 6.17 Å². The molecule has 3 aromatic carbocycles. The normalized spacial score (nSPS) is 15.8. The van der Waals surface area contributed by atoms with Gasteiger partial charge in [0.15, 0.2) is 11.9 Å². The smallest absolute Gasteiger partial charge is 0.317 e. The Morgan fingerprint density at radius 2 is 1.47 bits per heavy atom. The van der Waals surface area contributed by atoms with Crippen LogP contribution in [-0.2, 0) is 11.2 Å². The third kappa shape index (κ3) is 3.51. The summed E-state index contributed by atoms with van der Waals surface area (Å²) in [6, 6.07) is 27.4. The molecule has 1 aliphatic heterocycles. The first-order valence-corrected chi connectivity index (χ1v) is 9.67. The van der Waals surface area contributed by atoms with E-state index >= 15 is 0 Å². The quantitative estimate of drug-likeness (QED) is 0.563. The highest BCUT2D eigenvalue weighted by Crippen LogP contribution is 2.24. The van der Waals surface area contributed by atoms with E-state index in [2.05, 4.69) is 15.5 Å². The van der Waals surface area contributed by atoms with E-state index in [1.54, 1.807) is 0 Å². The van der Waals surface area contributed by atoms with Gasteiger partial charge in [-0.3, -0.25) is 9.79 Å². The van der Waals surface area contributed by atoms with Gasteiger partial charge in [0.1, 0.15) is 0 Å². The highest BCUT2D eigenvalue weighted by atomic mass is 16.4. The van der Waals surface area contributed by atoms with Crippen LogP contribution in [0.15, 0.2) is 94.3 Å². The first-order chi connectivity index (χ1) is 14.8. The van der Waals surface area contributed by atoms with Gasteiger partial charge < -0.3 is 9.73 Å². The third-order valence-electron chi connectivity index (χ3n) is 4.95. The van der Waals surface area contributed by atoms with Gasteiger partial charge in [0.05, 0.1) is 5.71 Å². The van der Waals surface area contributed by atoms with Crippen LogP contribution in [0.4, 0.5) is 6.01 Å². The number of carbonyl (C=O) groups is 1. The summed E-state index contributed by atoms with van der Waals surface area (Å²) < 4.78 is 5.72. The summed E-state index contributed by atoms with van der Waals surface area (Å²) in [7, 11) is 0. The summed E-state index contributed by atoms with van der Waals surface area (Å²) in [6.07, 6.45) is -0.551. The minimum Gasteiger partial charge on any atom is -0.403 e. The molecule has 0 bridgehead atoms. The summed E-state index contributed by atoms with van der Waals surface area (Å²) in [5.41, 5.74) is 4.42. The van der Waals surface area contributed by atoms with Crippen LogP contribution in [0.2, 0.25) is 0 Å². The molecule has 4 aromatic rings. The highest BCUT2D eigenvalue weighted by molar-refractivity contribution is 6.16. The Morgan fingerprint density at radius 1 is 0.800 bits per heavy atom. The molecule has 0 aliphatic carbocycles. The van der Waals surface area contributed by atoms with Crippen LogP contribution in [0.3, 0.4) is 0 Å². The third-order valence-corrected chi connectivity index (χ3v) is 4.95. The maximum atomic E-state index is 13.0. The second-order valence-corrected chi connectivity index (χ2v) is 6.97. The van der Waals surface area contributed by atoms with Crippen molar-refractivity contribution in [1.82, 2.24) is 10.2 Å². The van der Waals surface area contributed by atoms with E-state index in [9.17, 15) is 4.79 Å². The molecule has 1 aromatic heterocycles. The molecule has 5 rings (SSSR count). The molecule has 6 heteroatoms. The van der Waals surface area contributed by atoms with Gasteiger partial charge in [0.25, 0.3) is 0 Å². The zero-order valence-electron chi connectivity index (χ0n) is 16.0. The molecule has 0 saturated carbocycles. The number of benzene rings is 3. The molecule has 0 fully saturated rings. The number of anilines is 1. The van der Waals surface area contributed by atoms with Gasteiger partial charge in [-0.15, -0.1) is 5.10 Å². The van der Waals surface area contributed by atoms with Gasteiger partial charge in [0, 0.05) is 23.1 Å². The van der Waals surface area contributed by atoms with Crippen molar-refractivity contribution in [3.63, 3.8) is 0 Å². The first-order valence-electron chi connectivity index (χ1n) is 9.67. The fourth-order valence-corrected chi connectivity index (χ4v) is 3.50. The summed E-state index contributed by atoms with van der Waals surface area (Å²) in [6.45, 7) is 0. The van der Waals surface area contributed by atoms with Crippen molar-refractivity contribution in [2.45, 2.75) is 12.6 Å². The van der Waals surface area contributed by atoms with Crippen LogP contribution in [0, 0.1) is 0 Å². The van der Waals surface area contributed by atoms with Crippen LogP contribution in [0.25, 0.3) is 11.5 Å². The lowest BCUT2D eigenvalue weighted by atomic mass is 9.96. The summed E-state index contributed by atoms with van der Waals surface area (Å²) in [4.78, 5) is 17.7. The summed E-state index contributed by atoms with van der Waals surface area (Å²) >= 11 is 0. The fourth-order valence-electron chi connectivity index (χ4n) is 3.50. The maximum absolute atomic E-state index is 13.0. The van der Waals surface area contributed by atoms with Crippen molar-refractivity contribution in [1.29, 1.82) is 0 Å². The molecule has 0 radical (unpaired) electrons. The Bertz CT molecular complexity index is 1220. The molecule has 0 spiro atoms. The number of hydrogen-bond acceptors (Lipinski definition) is 6. The van der Waals surface area contributed by atoms with Crippen molar-refractivity contribution in [3.8, 4) is 11.5 Å². The van der Waals surface area contributed by atoms with E-state index in [1.165, 1.54) is 0 Å². The molecular formula is C24H18N4O2. The van der Waals surface area contributed by atoms with E-state index in [0.29, 0.717) is 5.89 Å². The van der Waals surface area contributed by atoms with Crippen LogP contribution in [0.5, 0.6) is 0 Å². The first kappa shape index (κ1) is 18.0. The Kier molecular flexibility index (Phi) is 4.65. The lowest BCUT2D eigenvalue weighted by Crippen LogP contribution is -2.29. The van der Waals surface area contributed by atoms with Crippen LogP contribution >= 0.6 is 0 Å². The molecule has 1 atom stereocenters. The number of Topliss-reactive ketones (excluding diaryl/α,β-unsaturated/α-hetero) is 1. The average molecular weight is 394 g/mol. The van der Waals surface area contributed by atoms with Crippen molar-refractivity contribution < 1.29 is 9.21 Å². The molecule has 1 N–H and O–H groups in total. The molecule has 2 heterocycles. The number of carbonyl (C=O) groups excluding carboxylic acids is 1. The zero-order valence-corrected chi connectivity index (χ0v) is 16.0. The topological polar surface area (TPSA) is 80.4 Å². The van der Waals surface area contributed by atoms with E-state index in [1.807, 2.05) is 84.9 Å². The van der Waals surface area contributed by atoms with E-state index in [4.69, 9.17) is 9.41 Å². The number of fused-ring (bicyclic) bond motifs is 1. The predicted octanol–water partition coefficient (Wildman–Crippen LogP) is 4.14. The minimum atomic E-state index is -0.823. The highest BCUT2D eigenvalue weighted by Gasteiger charge is 2.27. The standard InChI is InChI=1S/C24H18N4O2/c29-20-15-18-13-7-8-14-19(18)21(16-9-3-1-4-10-16)25-22(20)26-24-28-27-23(30-24)17-11-5-2-6-12-17/h1-14,22H,15H2,(H,26,28). The van der Waals surface area contributed by atoms with Gasteiger partial charge in [-0.25, -0.2) is 0 Å². The molecule has 1 aliphatic rings. The summed E-state index contributed by atoms with van der Waals surface area (Å²) in [5.74, 6) is 0.322. The van der Waals surface area contributed by atoms with E-state index in [-0.39, 0.29) is 18.2 Å². The monoisotopic (exact) mass is 394 g/mol. The molecule has 146 valence electrons. The van der Waals surface area contributed by atoms with Crippen LogP contribution < -0.4 is 5.32 Å². The number of nitrogens with one attached hydrogen (secondary N) is 1. The lowest BCUT2D eigenvalue weighted by molar-refractivity contribution is -0.119. The average Bonchev–Trinajstić information content (AvgIpc) is 3.21. The van der Waals surface area contributed by atoms with Crippen molar-refractivity contribution in [3.05, 3.63) is 102 Å². The summed E-state index contributed by atoms with van der Waals surface area (Å²) in [5, 5.41) is 11.1. The Morgan fingerprint density at radius 3 is 2.23 bits per heavy atom. The number of nitrogens with zero attached hydrogens (tertiary/aromatic N) is 3. The van der Waals surface area contributed by atoms with Crippen LogP contribution in [0.1, 0.15) is 16.7 Å². The minimum absolute atomic E-state index is 0.0622. The molecule has 1 unspecified atom stereocenters. The van der Waals surface area contributed by atoms with Crippen molar-refractivity contribution in [2.75, 3.05) is 5.32 Å². The second kappa shape index (κ2) is 7.75. The second-order valence-electron chi connectivity index (χ2n) is 6.97. The number of ketones is 1. The number of rotatable bonds is 4. The predicted molar refractivity (Wildman–Crippen MR) is 114 cm³/mol. The van der Waals surface area contributed by atoms with Gasteiger partial charge in [-0.1, -0.05) is 77.9 Å². The number of hydrogen-bond donors (Lipinski definition) is 1. The number of aromatic nitrogens is 2.